The van der Waals surface area contributed by atoms with Gasteiger partial charge in [0.1, 0.15) is 23.9 Å². The number of halogens is 1. The van der Waals surface area contributed by atoms with E-state index in [0.29, 0.717) is 28.2 Å². The van der Waals surface area contributed by atoms with Crippen molar-refractivity contribution in [2.75, 3.05) is 7.11 Å². The van der Waals surface area contributed by atoms with Crippen molar-refractivity contribution >= 4 is 22.9 Å². The van der Waals surface area contributed by atoms with E-state index in [1.165, 1.54) is 25.5 Å². The molecule has 0 radical (unpaired) electrons. The second kappa shape index (κ2) is 9.75. The summed E-state index contributed by atoms with van der Waals surface area (Å²) in [4.78, 5) is 12.7. The fourth-order valence-corrected chi connectivity index (χ4v) is 3.29. The molecule has 32 heavy (non-hydrogen) atoms. The monoisotopic (exact) mass is 428 g/mol. The number of para-hydroxylation sites is 1. The number of carbonyl (C=O) groups excluding carboxylic acids is 1. The van der Waals surface area contributed by atoms with Gasteiger partial charge in [-0.1, -0.05) is 48.5 Å². The van der Waals surface area contributed by atoms with Crippen LogP contribution in [0.25, 0.3) is 10.8 Å². The summed E-state index contributed by atoms with van der Waals surface area (Å²) in [5.74, 6) is 0.336. The zero-order chi connectivity index (χ0) is 22.3. The largest absolute Gasteiger partial charge is 0.496 e. The summed E-state index contributed by atoms with van der Waals surface area (Å²) in [6, 6.07) is 24.8. The molecule has 0 aliphatic carbocycles. The van der Waals surface area contributed by atoms with Crippen molar-refractivity contribution in [1.82, 2.24) is 5.43 Å². The average molecular weight is 428 g/mol. The Morgan fingerprint density at radius 2 is 1.69 bits per heavy atom. The Hall–Kier alpha value is -4.19. The number of nitrogens with zero attached hydrogens (tertiary/aromatic N) is 1. The van der Waals surface area contributed by atoms with E-state index in [0.717, 1.165) is 10.8 Å². The van der Waals surface area contributed by atoms with Gasteiger partial charge in [-0.3, -0.25) is 4.79 Å². The Bertz CT molecular complexity index is 1290. The smallest absolute Gasteiger partial charge is 0.275 e. The Labute approximate surface area is 185 Å². The Morgan fingerprint density at radius 1 is 0.938 bits per heavy atom. The number of hydrogen-bond donors (Lipinski definition) is 1. The molecule has 5 nitrogen and oxygen atoms in total. The lowest BCUT2D eigenvalue weighted by Crippen LogP contribution is -2.18. The molecule has 0 spiro atoms. The summed E-state index contributed by atoms with van der Waals surface area (Å²) >= 11 is 0. The van der Waals surface area contributed by atoms with Gasteiger partial charge in [0.15, 0.2) is 0 Å². The molecule has 0 unspecified atom stereocenters. The van der Waals surface area contributed by atoms with Crippen LogP contribution in [0.4, 0.5) is 4.39 Å². The molecule has 4 aromatic carbocycles. The van der Waals surface area contributed by atoms with E-state index in [1.54, 1.807) is 24.3 Å². The number of hydrogen-bond acceptors (Lipinski definition) is 4. The second-order valence-corrected chi connectivity index (χ2v) is 7.06. The summed E-state index contributed by atoms with van der Waals surface area (Å²) < 4.78 is 24.6. The highest BCUT2D eigenvalue weighted by Gasteiger charge is 2.13. The normalized spacial score (nSPS) is 10.9. The zero-order valence-electron chi connectivity index (χ0n) is 17.4. The molecule has 4 rings (SSSR count). The van der Waals surface area contributed by atoms with Gasteiger partial charge in [-0.15, -0.1) is 0 Å². The van der Waals surface area contributed by atoms with Crippen molar-refractivity contribution in [1.29, 1.82) is 0 Å². The first-order valence-corrected chi connectivity index (χ1v) is 10.0. The van der Waals surface area contributed by atoms with Gasteiger partial charge in [-0.05, 0) is 52.7 Å². The molecular formula is C26H21FN2O3. The van der Waals surface area contributed by atoms with Crippen LogP contribution in [-0.2, 0) is 6.61 Å². The minimum absolute atomic E-state index is 0.212. The van der Waals surface area contributed by atoms with E-state index in [2.05, 4.69) is 10.5 Å². The quantitative estimate of drug-likeness (QED) is 0.320. The number of fused-ring (bicyclic) bond motifs is 1. The van der Waals surface area contributed by atoms with Crippen molar-refractivity contribution in [3.63, 3.8) is 0 Å². The molecule has 0 aliphatic heterocycles. The fourth-order valence-electron chi connectivity index (χ4n) is 3.29. The first kappa shape index (κ1) is 21.1. The molecule has 0 saturated heterocycles. The summed E-state index contributed by atoms with van der Waals surface area (Å²) in [7, 11) is 1.52. The highest BCUT2D eigenvalue weighted by Crippen LogP contribution is 2.26. The molecule has 4 aromatic rings. The second-order valence-electron chi connectivity index (χ2n) is 7.06. The van der Waals surface area contributed by atoms with Gasteiger partial charge in [-0.2, -0.15) is 5.10 Å². The lowest BCUT2D eigenvalue weighted by molar-refractivity contribution is 0.0952. The topological polar surface area (TPSA) is 59.9 Å². The zero-order valence-corrected chi connectivity index (χ0v) is 17.4. The standard InChI is InChI=1S/C26H21FN2O3/c1-31-25-15-20-9-3-2-8-19(20)14-23(25)26(30)29-28-16-21-10-4-5-12-24(21)32-17-18-7-6-11-22(27)13-18/h2-16H,17H2,1H3,(H,29,30). The van der Waals surface area contributed by atoms with Crippen LogP contribution in [0.5, 0.6) is 11.5 Å². The summed E-state index contributed by atoms with van der Waals surface area (Å²) in [5.41, 5.74) is 4.32. The van der Waals surface area contributed by atoms with Crippen molar-refractivity contribution in [3.8, 4) is 11.5 Å². The van der Waals surface area contributed by atoms with Crippen LogP contribution in [-0.4, -0.2) is 19.2 Å². The molecule has 1 N–H and O–H groups in total. The maximum Gasteiger partial charge on any atom is 0.275 e. The van der Waals surface area contributed by atoms with Gasteiger partial charge in [-0.25, -0.2) is 9.82 Å². The number of benzene rings is 4. The highest BCUT2D eigenvalue weighted by molar-refractivity contribution is 6.02. The summed E-state index contributed by atoms with van der Waals surface area (Å²) in [5, 5.41) is 5.99. The number of amides is 1. The summed E-state index contributed by atoms with van der Waals surface area (Å²) in [6.07, 6.45) is 1.51. The third-order valence-corrected chi connectivity index (χ3v) is 4.88. The first-order chi connectivity index (χ1) is 15.6. The Kier molecular flexibility index (Phi) is 6.41. The third kappa shape index (κ3) is 4.92. The number of ether oxygens (including phenoxy) is 2. The fraction of sp³-hybridized carbons (Fsp3) is 0.0769. The van der Waals surface area contributed by atoms with Crippen LogP contribution < -0.4 is 14.9 Å². The van der Waals surface area contributed by atoms with E-state index in [-0.39, 0.29) is 18.3 Å². The van der Waals surface area contributed by atoms with Gasteiger partial charge >= 0.3 is 0 Å². The van der Waals surface area contributed by atoms with E-state index in [4.69, 9.17) is 9.47 Å². The van der Waals surface area contributed by atoms with Crippen molar-refractivity contribution in [2.45, 2.75) is 6.61 Å². The summed E-state index contributed by atoms with van der Waals surface area (Å²) in [6.45, 7) is 0.212. The molecule has 0 heterocycles. The SMILES string of the molecule is COc1cc2ccccc2cc1C(=O)NN=Cc1ccccc1OCc1cccc(F)c1. The maximum absolute atomic E-state index is 13.4. The van der Waals surface area contributed by atoms with Crippen LogP contribution in [0.15, 0.2) is 90.0 Å². The van der Waals surface area contributed by atoms with E-state index < -0.39 is 0 Å². The van der Waals surface area contributed by atoms with Crippen LogP contribution in [0, 0.1) is 5.82 Å². The molecule has 0 atom stereocenters. The number of rotatable bonds is 7. The number of hydrazone groups is 1. The average Bonchev–Trinajstić information content (AvgIpc) is 2.82. The molecule has 160 valence electrons. The molecule has 0 saturated carbocycles. The predicted molar refractivity (Wildman–Crippen MR) is 123 cm³/mol. The van der Waals surface area contributed by atoms with Gasteiger partial charge in [0.2, 0.25) is 0 Å². The highest BCUT2D eigenvalue weighted by atomic mass is 19.1. The van der Waals surface area contributed by atoms with Gasteiger partial charge in [0.05, 0.1) is 18.9 Å². The van der Waals surface area contributed by atoms with Crippen molar-refractivity contribution < 1.29 is 18.7 Å². The number of carbonyl (C=O) groups is 1. The van der Waals surface area contributed by atoms with Crippen LogP contribution in [0.3, 0.4) is 0 Å². The van der Waals surface area contributed by atoms with Gasteiger partial charge in [0.25, 0.3) is 5.91 Å². The van der Waals surface area contributed by atoms with Crippen molar-refractivity contribution in [2.24, 2.45) is 5.10 Å². The molecule has 0 aliphatic rings. The number of methoxy groups -OCH3 is 1. The predicted octanol–water partition coefficient (Wildman–Crippen LogP) is 5.33. The van der Waals surface area contributed by atoms with Crippen LogP contribution in [0.1, 0.15) is 21.5 Å². The molecule has 0 fully saturated rings. The van der Waals surface area contributed by atoms with E-state index in [1.807, 2.05) is 48.5 Å². The van der Waals surface area contributed by atoms with Crippen LogP contribution in [0.2, 0.25) is 0 Å². The third-order valence-electron chi connectivity index (χ3n) is 4.88. The van der Waals surface area contributed by atoms with Gasteiger partial charge in [0, 0.05) is 5.56 Å². The maximum atomic E-state index is 13.4. The lowest BCUT2D eigenvalue weighted by atomic mass is 10.1. The molecule has 1 amide bonds. The van der Waals surface area contributed by atoms with E-state index >= 15 is 0 Å². The van der Waals surface area contributed by atoms with Crippen LogP contribution >= 0.6 is 0 Å². The molecule has 6 heteroatoms. The Balaban J connectivity index is 1.47. The van der Waals surface area contributed by atoms with Gasteiger partial charge < -0.3 is 9.47 Å². The Morgan fingerprint density at radius 3 is 2.47 bits per heavy atom. The minimum Gasteiger partial charge on any atom is -0.496 e. The van der Waals surface area contributed by atoms with Crippen molar-refractivity contribution in [3.05, 3.63) is 107 Å². The first-order valence-electron chi connectivity index (χ1n) is 10.0. The van der Waals surface area contributed by atoms with E-state index in [9.17, 15) is 9.18 Å². The molecule has 0 aromatic heterocycles. The number of nitrogens with one attached hydrogen (secondary N) is 1. The lowest BCUT2D eigenvalue weighted by Gasteiger charge is -2.10. The molecular weight excluding hydrogens is 407 g/mol. The minimum atomic E-state index is -0.387. The molecule has 0 bridgehead atoms.